The van der Waals surface area contributed by atoms with Gasteiger partial charge in [-0.05, 0) is 18.9 Å². The molecule has 2 unspecified atom stereocenters. The predicted octanol–water partition coefficient (Wildman–Crippen LogP) is 2.64. The first-order valence-electron chi connectivity index (χ1n) is 7.31. The van der Waals surface area contributed by atoms with Crippen LogP contribution in [0.3, 0.4) is 0 Å². The molecule has 1 aromatic carbocycles. The summed E-state index contributed by atoms with van der Waals surface area (Å²) in [7, 11) is 1.49. The van der Waals surface area contributed by atoms with Crippen LogP contribution in [-0.2, 0) is 0 Å². The van der Waals surface area contributed by atoms with Crippen molar-refractivity contribution in [2.24, 2.45) is 11.1 Å². The molecule has 1 aromatic rings. The highest BCUT2D eigenvalue weighted by Gasteiger charge is 2.56. The largest absolute Gasteiger partial charge is 0.493 e. The van der Waals surface area contributed by atoms with Gasteiger partial charge in [-0.15, -0.1) is 0 Å². The molecule has 6 heteroatoms. The maximum Gasteiger partial charge on any atom is 0.273 e. The van der Waals surface area contributed by atoms with E-state index in [2.05, 4.69) is 0 Å². The number of nitro benzene ring substituents is 1. The highest BCUT2D eigenvalue weighted by atomic mass is 16.6. The zero-order valence-corrected chi connectivity index (χ0v) is 12.1. The highest BCUT2D eigenvalue weighted by molar-refractivity contribution is 5.48. The van der Waals surface area contributed by atoms with Crippen molar-refractivity contribution in [1.29, 1.82) is 0 Å². The van der Waals surface area contributed by atoms with Crippen LogP contribution < -0.4 is 15.2 Å². The van der Waals surface area contributed by atoms with Crippen molar-refractivity contribution in [3.8, 4) is 11.5 Å². The van der Waals surface area contributed by atoms with Gasteiger partial charge in [0.15, 0.2) is 11.5 Å². The molecule has 0 amide bonds. The van der Waals surface area contributed by atoms with Crippen LogP contribution in [0, 0.1) is 15.5 Å². The summed E-state index contributed by atoms with van der Waals surface area (Å²) in [4.78, 5) is 10.4. The second-order valence-corrected chi connectivity index (χ2v) is 5.98. The monoisotopic (exact) mass is 292 g/mol. The number of ether oxygens (including phenoxy) is 2. The second-order valence-electron chi connectivity index (χ2n) is 5.98. The summed E-state index contributed by atoms with van der Waals surface area (Å²) in [6.07, 6.45) is 5.53. The Hall–Kier alpha value is -1.82. The van der Waals surface area contributed by atoms with Crippen LogP contribution in [0.2, 0.25) is 0 Å². The molecule has 2 aliphatic rings. The molecule has 0 aromatic heterocycles. The van der Waals surface area contributed by atoms with Crippen molar-refractivity contribution in [2.45, 2.75) is 44.2 Å². The first kappa shape index (κ1) is 14.1. The standard InChI is InChI=1S/C15H20N2O4/c1-20-12-8-10(17(18)19)4-5-11(12)21-14-9-13(16)15(14)6-2-3-7-15/h4-5,8,13-14H,2-3,6-7,9,16H2,1H3. The topological polar surface area (TPSA) is 87.6 Å². The molecule has 2 saturated carbocycles. The van der Waals surface area contributed by atoms with E-state index in [9.17, 15) is 10.1 Å². The molecule has 21 heavy (non-hydrogen) atoms. The van der Waals surface area contributed by atoms with E-state index in [1.54, 1.807) is 6.07 Å². The number of rotatable bonds is 4. The van der Waals surface area contributed by atoms with Crippen LogP contribution in [0.1, 0.15) is 32.1 Å². The van der Waals surface area contributed by atoms with Gasteiger partial charge in [-0.2, -0.15) is 0 Å². The summed E-state index contributed by atoms with van der Waals surface area (Å²) < 4.78 is 11.3. The molecule has 2 atom stereocenters. The lowest BCUT2D eigenvalue weighted by Gasteiger charge is -2.52. The van der Waals surface area contributed by atoms with E-state index in [-0.39, 0.29) is 23.2 Å². The van der Waals surface area contributed by atoms with E-state index >= 15 is 0 Å². The number of hydrogen-bond donors (Lipinski definition) is 1. The van der Waals surface area contributed by atoms with Gasteiger partial charge in [0.2, 0.25) is 0 Å². The normalized spacial score (nSPS) is 26.4. The van der Waals surface area contributed by atoms with Crippen molar-refractivity contribution < 1.29 is 14.4 Å². The zero-order valence-electron chi connectivity index (χ0n) is 12.1. The highest BCUT2D eigenvalue weighted by Crippen LogP contribution is 2.54. The molecule has 2 aliphatic carbocycles. The third kappa shape index (κ3) is 2.23. The lowest BCUT2D eigenvalue weighted by Crippen LogP contribution is -2.62. The minimum Gasteiger partial charge on any atom is -0.493 e. The number of nitrogens with two attached hydrogens (primary N) is 1. The SMILES string of the molecule is COc1cc([N+](=O)[O-])ccc1OC1CC(N)C12CCCC2. The van der Waals surface area contributed by atoms with E-state index in [0.717, 1.165) is 19.3 Å². The van der Waals surface area contributed by atoms with E-state index in [0.29, 0.717) is 11.5 Å². The van der Waals surface area contributed by atoms with Crippen LogP contribution in [0.4, 0.5) is 5.69 Å². The third-order valence-electron chi connectivity index (χ3n) is 5.01. The van der Waals surface area contributed by atoms with Gasteiger partial charge in [0.1, 0.15) is 6.10 Å². The molecule has 0 aliphatic heterocycles. The Bertz CT molecular complexity index is 555. The van der Waals surface area contributed by atoms with Gasteiger partial charge < -0.3 is 15.2 Å². The van der Waals surface area contributed by atoms with E-state index in [1.165, 1.54) is 32.1 Å². The van der Waals surface area contributed by atoms with Crippen molar-refractivity contribution in [1.82, 2.24) is 0 Å². The zero-order chi connectivity index (χ0) is 15.0. The van der Waals surface area contributed by atoms with Crippen molar-refractivity contribution >= 4 is 5.69 Å². The Morgan fingerprint density at radius 2 is 2.05 bits per heavy atom. The number of non-ortho nitro benzene ring substituents is 1. The summed E-state index contributed by atoms with van der Waals surface area (Å²) in [5.74, 6) is 0.962. The first-order valence-corrected chi connectivity index (χ1v) is 7.31. The Labute approximate surface area is 123 Å². The lowest BCUT2D eigenvalue weighted by atomic mass is 9.61. The maximum atomic E-state index is 10.8. The second kappa shape index (κ2) is 5.18. The summed E-state index contributed by atoms with van der Waals surface area (Å²) in [5, 5.41) is 10.8. The van der Waals surface area contributed by atoms with Crippen LogP contribution in [-0.4, -0.2) is 24.2 Å². The molecule has 2 fully saturated rings. The van der Waals surface area contributed by atoms with Gasteiger partial charge in [-0.25, -0.2) is 0 Å². The molecule has 6 nitrogen and oxygen atoms in total. The molecule has 1 spiro atoms. The van der Waals surface area contributed by atoms with Crippen LogP contribution in [0.5, 0.6) is 11.5 Å². The number of benzene rings is 1. The number of methoxy groups -OCH3 is 1. The van der Waals surface area contributed by atoms with Gasteiger partial charge in [-0.1, -0.05) is 12.8 Å². The number of nitro groups is 1. The number of nitrogens with zero attached hydrogens (tertiary/aromatic N) is 1. The average Bonchev–Trinajstić information content (AvgIpc) is 2.99. The molecule has 0 saturated heterocycles. The van der Waals surface area contributed by atoms with Crippen LogP contribution in [0.25, 0.3) is 0 Å². The average molecular weight is 292 g/mol. The quantitative estimate of drug-likeness (QED) is 0.681. The van der Waals surface area contributed by atoms with Gasteiger partial charge in [0, 0.05) is 23.9 Å². The van der Waals surface area contributed by atoms with Gasteiger partial charge in [-0.3, -0.25) is 10.1 Å². The molecular formula is C15H20N2O4. The van der Waals surface area contributed by atoms with E-state index in [4.69, 9.17) is 15.2 Å². The summed E-state index contributed by atoms with van der Waals surface area (Å²) >= 11 is 0. The first-order chi connectivity index (χ1) is 10.1. The summed E-state index contributed by atoms with van der Waals surface area (Å²) in [5.41, 5.74) is 6.29. The van der Waals surface area contributed by atoms with Crippen molar-refractivity contribution in [3.05, 3.63) is 28.3 Å². The molecule has 0 bridgehead atoms. The smallest absolute Gasteiger partial charge is 0.273 e. The van der Waals surface area contributed by atoms with E-state index in [1.807, 2.05) is 0 Å². The molecular weight excluding hydrogens is 272 g/mol. The molecule has 3 rings (SSSR count). The Balaban J connectivity index is 1.80. The van der Waals surface area contributed by atoms with Crippen molar-refractivity contribution in [3.63, 3.8) is 0 Å². The van der Waals surface area contributed by atoms with Gasteiger partial charge >= 0.3 is 0 Å². The van der Waals surface area contributed by atoms with Gasteiger partial charge in [0.25, 0.3) is 5.69 Å². The molecule has 114 valence electrons. The van der Waals surface area contributed by atoms with Crippen molar-refractivity contribution in [2.75, 3.05) is 7.11 Å². The Morgan fingerprint density at radius 3 is 2.62 bits per heavy atom. The molecule has 0 heterocycles. The minimum atomic E-state index is -0.440. The minimum absolute atomic E-state index is 0.0000838. The maximum absolute atomic E-state index is 10.8. The summed E-state index contributed by atoms with van der Waals surface area (Å²) in [6.45, 7) is 0. The predicted molar refractivity (Wildman–Crippen MR) is 77.6 cm³/mol. The van der Waals surface area contributed by atoms with Gasteiger partial charge in [0.05, 0.1) is 18.1 Å². The van der Waals surface area contributed by atoms with Crippen LogP contribution in [0.15, 0.2) is 18.2 Å². The molecule has 2 N–H and O–H groups in total. The Kier molecular flexibility index (Phi) is 3.49. The molecule has 0 radical (unpaired) electrons. The van der Waals surface area contributed by atoms with E-state index < -0.39 is 4.92 Å². The number of hydrogen-bond acceptors (Lipinski definition) is 5. The third-order valence-corrected chi connectivity index (χ3v) is 5.01. The lowest BCUT2D eigenvalue weighted by molar-refractivity contribution is -0.385. The fourth-order valence-corrected chi connectivity index (χ4v) is 3.69. The fraction of sp³-hybridized carbons (Fsp3) is 0.600. The van der Waals surface area contributed by atoms with Crippen LogP contribution >= 0.6 is 0 Å². The fourth-order valence-electron chi connectivity index (χ4n) is 3.69. The summed E-state index contributed by atoms with van der Waals surface area (Å²) in [6, 6.07) is 4.66. The Morgan fingerprint density at radius 1 is 1.33 bits per heavy atom.